The maximum absolute atomic E-state index is 11.1. The Morgan fingerprint density at radius 1 is 1.28 bits per heavy atom. The molecule has 0 saturated carbocycles. The summed E-state index contributed by atoms with van der Waals surface area (Å²) in [5, 5.41) is 18.6. The third kappa shape index (κ3) is 4.10. The van der Waals surface area contributed by atoms with E-state index in [4.69, 9.17) is 9.84 Å². The van der Waals surface area contributed by atoms with Crippen LogP contribution in [0.1, 0.15) is 51.9 Å². The van der Waals surface area contributed by atoms with Gasteiger partial charge in [-0.15, -0.1) is 0 Å². The fourth-order valence-corrected chi connectivity index (χ4v) is 2.40. The second-order valence-corrected chi connectivity index (χ2v) is 4.97. The summed E-state index contributed by atoms with van der Waals surface area (Å²) in [6.45, 7) is 5.78. The van der Waals surface area contributed by atoms with E-state index >= 15 is 0 Å². The predicted molar refractivity (Wildman–Crippen MR) is 69.1 cm³/mol. The zero-order valence-corrected chi connectivity index (χ0v) is 11.1. The molecule has 18 heavy (non-hydrogen) atoms. The number of carboxylic acids is 1. The fourth-order valence-electron chi connectivity index (χ4n) is 2.40. The molecule has 0 spiro atoms. The highest BCUT2D eigenvalue weighted by molar-refractivity contribution is 5.75. The normalized spacial score (nSPS) is 27.7. The lowest BCUT2D eigenvalue weighted by molar-refractivity contribution is -0.144. The lowest BCUT2D eigenvalue weighted by atomic mass is 9.93. The predicted octanol–water partition coefficient (Wildman–Crippen LogP) is 2.71. The molecule has 3 atom stereocenters. The summed E-state index contributed by atoms with van der Waals surface area (Å²) in [4.78, 5) is 11.1. The molecule has 1 rings (SSSR count). The van der Waals surface area contributed by atoms with E-state index < -0.39 is 24.3 Å². The second kappa shape index (κ2) is 7.54. The number of rotatable bonds is 8. The first-order chi connectivity index (χ1) is 8.57. The van der Waals surface area contributed by atoms with Gasteiger partial charge < -0.3 is 14.9 Å². The van der Waals surface area contributed by atoms with Gasteiger partial charge in [0, 0.05) is 0 Å². The van der Waals surface area contributed by atoms with E-state index in [-0.39, 0.29) is 5.57 Å². The van der Waals surface area contributed by atoms with Gasteiger partial charge in [0.2, 0.25) is 0 Å². The van der Waals surface area contributed by atoms with Crippen molar-refractivity contribution in [1.29, 1.82) is 0 Å². The Hall–Kier alpha value is -0.870. The highest BCUT2D eigenvalue weighted by Crippen LogP contribution is 2.32. The zero-order chi connectivity index (χ0) is 13.5. The molecule has 4 nitrogen and oxygen atoms in total. The summed E-state index contributed by atoms with van der Waals surface area (Å²) in [5.41, 5.74) is 0.276. The summed E-state index contributed by atoms with van der Waals surface area (Å²) >= 11 is 0. The van der Waals surface area contributed by atoms with E-state index in [2.05, 4.69) is 13.5 Å². The van der Waals surface area contributed by atoms with Crippen LogP contribution in [-0.4, -0.2) is 28.6 Å². The van der Waals surface area contributed by atoms with Crippen LogP contribution in [0.5, 0.6) is 0 Å². The molecule has 0 aromatic rings. The van der Waals surface area contributed by atoms with Crippen molar-refractivity contribution in [3.63, 3.8) is 0 Å². The molecule has 1 saturated heterocycles. The number of ether oxygens (including phenoxy) is 1. The fraction of sp³-hybridized carbons (Fsp3) is 0.786. The minimum Gasteiger partial charge on any atom is -0.481 e. The van der Waals surface area contributed by atoms with Gasteiger partial charge in [0.05, 0.1) is 6.10 Å². The number of aliphatic carboxylic acids is 1. The lowest BCUT2D eigenvalue weighted by Crippen LogP contribution is -2.24. The molecule has 1 fully saturated rings. The molecule has 2 N–H and O–H groups in total. The molecule has 104 valence electrons. The molecule has 0 radical (unpaired) electrons. The second-order valence-electron chi connectivity index (χ2n) is 4.97. The molecule has 1 unspecified atom stereocenters. The molecule has 0 aromatic heterocycles. The third-order valence-corrected chi connectivity index (χ3v) is 3.50. The van der Waals surface area contributed by atoms with Gasteiger partial charge in [0.1, 0.15) is 5.92 Å². The van der Waals surface area contributed by atoms with Crippen molar-refractivity contribution in [3.8, 4) is 0 Å². The smallest absolute Gasteiger partial charge is 0.313 e. The highest BCUT2D eigenvalue weighted by Gasteiger charge is 2.41. The number of aliphatic hydroxyl groups excluding tert-OH is 1. The molecule has 1 heterocycles. The monoisotopic (exact) mass is 256 g/mol. The van der Waals surface area contributed by atoms with Crippen molar-refractivity contribution >= 4 is 5.97 Å². The summed E-state index contributed by atoms with van der Waals surface area (Å²) in [6, 6.07) is 0. The Bertz CT molecular complexity index is 288. The van der Waals surface area contributed by atoms with Crippen molar-refractivity contribution in [3.05, 3.63) is 12.2 Å². The molecular weight excluding hydrogens is 232 g/mol. The van der Waals surface area contributed by atoms with Crippen LogP contribution in [0.2, 0.25) is 0 Å². The average Bonchev–Trinajstić information content (AvgIpc) is 2.59. The first kappa shape index (κ1) is 15.2. The van der Waals surface area contributed by atoms with Crippen LogP contribution in [0.15, 0.2) is 12.2 Å². The third-order valence-electron chi connectivity index (χ3n) is 3.50. The summed E-state index contributed by atoms with van der Waals surface area (Å²) < 4.78 is 5.25. The summed E-state index contributed by atoms with van der Waals surface area (Å²) in [6.07, 6.45) is 6.08. The van der Waals surface area contributed by atoms with Gasteiger partial charge in [0.15, 0.2) is 6.29 Å². The van der Waals surface area contributed by atoms with Crippen molar-refractivity contribution < 1.29 is 19.7 Å². The van der Waals surface area contributed by atoms with Gasteiger partial charge in [-0.05, 0) is 12.0 Å². The van der Waals surface area contributed by atoms with Gasteiger partial charge in [-0.2, -0.15) is 0 Å². The van der Waals surface area contributed by atoms with E-state index in [1.54, 1.807) is 0 Å². The number of carboxylic acid groups (broad SMARTS) is 1. The van der Waals surface area contributed by atoms with Gasteiger partial charge >= 0.3 is 5.97 Å². The number of unbranched alkanes of at least 4 members (excludes halogenated alkanes) is 5. The number of aliphatic hydroxyl groups is 1. The van der Waals surface area contributed by atoms with E-state index in [9.17, 15) is 9.90 Å². The number of hydrogen-bond donors (Lipinski definition) is 2. The molecule has 0 aliphatic carbocycles. The van der Waals surface area contributed by atoms with Gasteiger partial charge in [-0.1, -0.05) is 52.0 Å². The quantitative estimate of drug-likeness (QED) is 0.517. The minimum absolute atomic E-state index is 0.276. The molecule has 0 bridgehead atoms. The maximum atomic E-state index is 11.1. The molecule has 1 aliphatic rings. The maximum Gasteiger partial charge on any atom is 0.313 e. The Labute approximate surface area is 109 Å². The van der Waals surface area contributed by atoms with Gasteiger partial charge in [-0.3, -0.25) is 4.79 Å². The van der Waals surface area contributed by atoms with Gasteiger partial charge in [-0.25, -0.2) is 0 Å². The van der Waals surface area contributed by atoms with Crippen LogP contribution in [0.3, 0.4) is 0 Å². The number of carbonyl (C=O) groups is 1. The molecular formula is C14H24O4. The number of hydrogen-bond acceptors (Lipinski definition) is 3. The Morgan fingerprint density at radius 3 is 2.50 bits per heavy atom. The van der Waals surface area contributed by atoms with E-state index in [0.29, 0.717) is 6.42 Å². The molecule has 4 heteroatoms. The standard InChI is InChI=1S/C14H24O4/c1-3-4-5-6-7-8-9-11-12(13(15)16)10(2)14(17)18-11/h11-12,14,17H,2-9H2,1H3,(H,15,16)/t11-,12+,14?/m1/s1. The SMILES string of the molecule is C=C1C(O)O[C@H](CCCCCCCC)[C@H]1C(=O)O. The Kier molecular flexibility index (Phi) is 6.36. The highest BCUT2D eigenvalue weighted by atomic mass is 16.6. The van der Waals surface area contributed by atoms with Crippen molar-refractivity contribution in [2.45, 2.75) is 64.3 Å². The molecule has 0 aromatic carbocycles. The van der Waals surface area contributed by atoms with Crippen LogP contribution in [-0.2, 0) is 9.53 Å². The molecule has 1 aliphatic heterocycles. The average molecular weight is 256 g/mol. The first-order valence-corrected chi connectivity index (χ1v) is 6.83. The van der Waals surface area contributed by atoms with Gasteiger partial charge in [0.25, 0.3) is 0 Å². The lowest BCUT2D eigenvalue weighted by Gasteiger charge is -2.14. The zero-order valence-electron chi connectivity index (χ0n) is 11.1. The van der Waals surface area contributed by atoms with Crippen LogP contribution >= 0.6 is 0 Å². The topological polar surface area (TPSA) is 66.8 Å². The summed E-state index contributed by atoms with van der Waals surface area (Å²) in [7, 11) is 0. The minimum atomic E-state index is -1.11. The Morgan fingerprint density at radius 2 is 1.89 bits per heavy atom. The van der Waals surface area contributed by atoms with Crippen LogP contribution in [0, 0.1) is 5.92 Å². The van der Waals surface area contributed by atoms with E-state index in [1.165, 1.54) is 25.7 Å². The largest absolute Gasteiger partial charge is 0.481 e. The molecule has 0 amide bonds. The van der Waals surface area contributed by atoms with Crippen LogP contribution in [0.25, 0.3) is 0 Å². The van der Waals surface area contributed by atoms with Crippen LogP contribution in [0.4, 0.5) is 0 Å². The van der Waals surface area contributed by atoms with E-state index in [1.807, 2.05) is 0 Å². The Balaban J connectivity index is 2.28. The van der Waals surface area contributed by atoms with Crippen molar-refractivity contribution in [1.82, 2.24) is 0 Å². The van der Waals surface area contributed by atoms with Crippen molar-refractivity contribution in [2.24, 2.45) is 5.92 Å². The summed E-state index contributed by atoms with van der Waals surface area (Å²) in [5.74, 6) is -1.71. The van der Waals surface area contributed by atoms with E-state index in [0.717, 1.165) is 12.8 Å². The van der Waals surface area contributed by atoms with Crippen LogP contribution < -0.4 is 0 Å². The van der Waals surface area contributed by atoms with Crippen molar-refractivity contribution in [2.75, 3.05) is 0 Å². The first-order valence-electron chi connectivity index (χ1n) is 6.83.